The van der Waals surface area contributed by atoms with Crippen molar-refractivity contribution in [1.29, 1.82) is 0 Å². The number of hydrogen-bond donors (Lipinski definition) is 3. The third kappa shape index (κ3) is 13.9. The van der Waals surface area contributed by atoms with Crippen LogP contribution in [0.25, 0.3) is 0 Å². The van der Waals surface area contributed by atoms with Gasteiger partial charge in [0.25, 0.3) is 0 Å². The van der Waals surface area contributed by atoms with Crippen LogP contribution < -0.4 is 4.74 Å². The Bertz CT molecular complexity index is 1420. The predicted octanol–water partition coefficient (Wildman–Crippen LogP) is 4.71. The quantitative estimate of drug-likeness (QED) is 0.0878. The normalized spacial score (nSPS) is 20.9. The molecule has 5 atom stereocenters. The van der Waals surface area contributed by atoms with Crippen LogP contribution in [-0.2, 0) is 35.3 Å². The highest BCUT2D eigenvalue weighted by molar-refractivity contribution is 7.80. The molecule has 1 aliphatic rings. The van der Waals surface area contributed by atoms with E-state index in [1.54, 1.807) is 36.1 Å². The van der Waals surface area contributed by atoms with Crippen molar-refractivity contribution in [2.45, 2.75) is 109 Å². The van der Waals surface area contributed by atoms with Gasteiger partial charge in [0, 0.05) is 50.3 Å². The van der Waals surface area contributed by atoms with Crippen LogP contribution in [-0.4, -0.2) is 89.9 Å². The second kappa shape index (κ2) is 20.5. The van der Waals surface area contributed by atoms with Gasteiger partial charge in [-0.1, -0.05) is 82.0 Å². The average Bonchev–Trinajstić information content (AvgIpc) is 3.08. The summed E-state index contributed by atoms with van der Waals surface area (Å²) in [5.74, 6) is -0.201. The lowest BCUT2D eigenvalue weighted by atomic mass is 9.92. The lowest BCUT2D eigenvalue weighted by Crippen LogP contribution is -2.57. The van der Waals surface area contributed by atoms with Crippen molar-refractivity contribution < 1.29 is 51.2 Å². The largest absolute Gasteiger partial charge is 0.465 e. The molecule has 1 heterocycles. The molecule has 0 bridgehead atoms. The van der Waals surface area contributed by atoms with Gasteiger partial charge in [0.05, 0.1) is 12.7 Å². The highest BCUT2D eigenvalue weighted by Crippen LogP contribution is 2.30. The van der Waals surface area contributed by atoms with Crippen LogP contribution in [0.4, 0.5) is 0 Å². The van der Waals surface area contributed by atoms with E-state index in [2.05, 4.69) is 4.18 Å². The van der Waals surface area contributed by atoms with E-state index in [1.165, 1.54) is 0 Å². The Balaban J connectivity index is 1.43. The van der Waals surface area contributed by atoms with Gasteiger partial charge in [-0.25, -0.2) is 4.18 Å². The zero-order chi connectivity index (χ0) is 35.8. The number of hydrogen-bond acceptors (Lipinski definition) is 10. The third-order valence-corrected chi connectivity index (χ3v) is 9.12. The van der Waals surface area contributed by atoms with Gasteiger partial charge in [-0.2, -0.15) is 8.42 Å². The number of Topliss-reactive ketones (excluding diaryl/α,β-unsaturated/α-hetero) is 2. The lowest BCUT2D eigenvalue weighted by molar-refractivity contribution is -0.251. The minimum absolute atomic E-state index is 0.00642. The molecular weight excluding hydrogens is 654 g/mol. The lowest BCUT2D eigenvalue weighted by Gasteiger charge is -2.41. The fraction of sp³-hybridized carbons (Fsp3) is 0.583. The number of rotatable bonds is 22. The van der Waals surface area contributed by atoms with Gasteiger partial charge < -0.3 is 24.6 Å². The molecule has 0 radical (unpaired) electrons. The zero-order valence-electron chi connectivity index (χ0n) is 28.4. The maximum atomic E-state index is 12.9. The molecule has 5 unspecified atom stereocenters. The molecule has 12 nitrogen and oxygen atoms in total. The van der Waals surface area contributed by atoms with E-state index >= 15 is 0 Å². The van der Waals surface area contributed by atoms with Gasteiger partial charge in [-0.3, -0.25) is 18.9 Å². The first kappa shape index (κ1) is 40.2. The summed E-state index contributed by atoms with van der Waals surface area (Å²) >= 11 is 0. The highest BCUT2D eigenvalue weighted by atomic mass is 32.3. The van der Waals surface area contributed by atoms with E-state index < -0.39 is 47.5 Å². The Morgan fingerprint density at radius 2 is 1.55 bits per heavy atom. The monoisotopic (exact) mass is 705 g/mol. The molecule has 1 amide bonds. The van der Waals surface area contributed by atoms with Crippen molar-refractivity contribution in [3.8, 4) is 5.75 Å². The number of aliphatic hydroxyl groups excluding tert-OH is 2. The summed E-state index contributed by atoms with van der Waals surface area (Å²) in [5.41, 5.74) is 1.50. The number of carbonyl (C=O) groups is 3. The number of amides is 1. The Morgan fingerprint density at radius 3 is 2.20 bits per heavy atom. The molecule has 2 aromatic rings. The second-order valence-electron chi connectivity index (χ2n) is 12.6. The maximum Gasteiger partial charge on any atom is 0.397 e. The molecule has 3 N–H and O–H groups in total. The summed E-state index contributed by atoms with van der Waals surface area (Å²) in [7, 11) is -4.90. The maximum absolute atomic E-state index is 12.9. The molecule has 0 saturated carbocycles. The number of ketones is 2. The SMILES string of the molecule is CCCCC(=O)N(CCCCCCCC(=O)c1ccccc1)CCC(=O)Cc1ccc(OC2OC(CO)C(OS(=O)(=O)O)C(O)C2C)cc1. The summed E-state index contributed by atoms with van der Waals surface area (Å²) in [6.07, 6.45) is 2.41. The first-order valence-electron chi connectivity index (χ1n) is 17.1. The molecule has 0 aliphatic carbocycles. The van der Waals surface area contributed by atoms with Crippen LogP contribution in [0.3, 0.4) is 0 Å². The summed E-state index contributed by atoms with van der Waals surface area (Å²) < 4.78 is 47.3. The number of carbonyl (C=O) groups excluding carboxylic acids is 3. The van der Waals surface area contributed by atoms with Crippen LogP contribution in [0.5, 0.6) is 5.75 Å². The van der Waals surface area contributed by atoms with Gasteiger partial charge in [0.1, 0.15) is 23.7 Å². The molecule has 3 rings (SSSR count). The first-order chi connectivity index (χ1) is 23.4. The number of nitrogens with zero attached hydrogens (tertiary/aromatic N) is 1. The number of unbranched alkanes of at least 4 members (excludes halogenated alkanes) is 5. The highest BCUT2D eigenvalue weighted by Gasteiger charge is 2.46. The predicted molar refractivity (Wildman–Crippen MR) is 182 cm³/mol. The minimum Gasteiger partial charge on any atom is -0.465 e. The Hall–Kier alpha value is -3.20. The molecule has 2 aromatic carbocycles. The molecular formula is C36H51NO11S. The Labute approximate surface area is 289 Å². The van der Waals surface area contributed by atoms with Crippen LogP contribution in [0.15, 0.2) is 54.6 Å². The minimum atomic E-state index is -4.90. The smallest absolute Gasteiger partial charge is 0.397 e. The van der Waals surface area contributed by atoms with Crippen molar-refractivity contribution >= 4 is 27.9 Å². The molecule has 0 aromatic heterocycles. The molecule has 13 heteroatoms. The van der Waals surface area contributed by atoms with Gasteiger partial charge in [-0.05, 0) is 37.0 Å². The van der Waals surface area contributed by atoms with Crippen molar-refractivity contribution in [3.63, 3.8) is 0 Å². The fourth-order valence-corrected chi connectivity index (χ4v) is 6.24. The third-order valence-electron chi connectivity index (χ3n) is 8.65. The van der Waals surface area contributed by atoms with E-state index in [0.29, 0.717) is 31.7 Å². The van der Waals surface area contributed by atoms with Gasteiger partial charge in [0.15, 0.2) is 5.78 Å². The summed E-state index contributed by atoms with van der Waals surface area (Å²) in [6.45, 7) is 3.86. The number of aliphatic hydroxyl groups is 2. The van der Waals surface area contributed by atoms with Crippen molar-refractivity contribution in [2.24, 2.45) is 5.92 Å². The number of ether oxygens (including phenoxy) is 2. The van der Waals surface area contributed by atoms with Crippen LogP contribution in [0.1, 0.15) is 94.0 Å². The topological polar surface area (TPSA) is 177 Å². The summed E-state index contributed by atoms with van der Waals surface area (Å²) in [6, 6.07) is 16.0. The standard InChI is InChI=1S/C36H51NO11S/c1-3-4-16-33(41)37(22-12-7-5-6-11-15-31(40)28-13-9-8-10-14-28)23-21-29(39)24-27-17-19-30(20-18-27)46-36-26(2)34(42)35(32(25-38)47-36)48-49(43,44)45/h8-10,13-14,17-20,26,32,34-36,38,42H,3-7,11-12,15-16,21-25H2,1-2H3,(H,43,44,45). The van der Waals surface area contributed by atoms with E-state index in [1.807, 2.05) is 37.3 Å². The Morgan fingerprint density at radius 1 is 0.878 bits per heavy atom. The van der Waals surface area contributed by atoms with E-state index in [4.69, 9.17) is 14.0 Å². The Kier molecular flexibility index (Phi) is 16.8. The van der Waals surface area contributed by atoms with Crippen LogP contribution >= 0.6 is 0 Å². The van der Waals surface area contributed by atoms with Gasteiger partial charge in [-0.15, -0.1) is 0 Å². The van der Waals surface area contributed by atoms with Crippen molar-refractivity contribution in [2.75, 3.05) is 19.7 Å². The molecule has 1 fully saturated rings. The first-order valence-corrected chi connectivity index (χ1v) is 18.5. The summed E-state index contributed by atoms with van der Waals surface area (Å²) in [5, 5.41) is 20.2. The fourth-order valence-electron chi connectivity index (χ4n) is 5.73. The van der Waals surface area contributed by atoms with Crippen LogP contribution in [0, 0.1) is 5.92 Å². The van der Waals surface area contributed by atoms with Crippen molar-refractivity contribution in [3.05, 3.63) is 65.7 Å². The molecule has 1 saturated heterocycles. The van der Waals surface area contributed by atoms with Gasteiger partial charge in [0.2, 0.25) is 12.2 Å². The molecule has 0 spiro atoms. The molecule has 49 heavy (non-hydrogen) atoms. The van der Waals surface area contributed by atoms with Crippen molar-refractivity contribution in [1.82, 2.24) is 4.90 Å². The van der Waals surface area contributed by atoms with Crippen LogP contribution in [0.2, 0.25) is 0 Å². The second-order valence-corrected chi connectivity index (χ2v) is 13.6. The summed E-state index contributed by atoms with van der Waals surface area (Å²) in [4.78, 5) is 39.9. The zero-order valence-corrected chi connectivity index (χ0v) is 29.3. The molecule has 272 valence electrons. The van der Waals surface area contributed by atoms with E-state index in [9.17, 15) is 33.0 Å². The number of benzene rings is 2. The average molecular weight is 706 g/mol. The molecule has 1 aliphatic heterocycles. The van der Waals surface area contributed by atoms with E-state index in [-0.39, 0.29) is 30.3 Å². The van der Waals surface area contributed by atoms with E-state index in [0.717, 1.165) is 56.1 Å². The van der Waals surface area contributed by atoms with Gasteiger partial charge >= 0.3 is 10.4 Å².